The molecule has 0 radical (unpaired) electrons. The molecule has 1 fully saturated rings. The maximum absolute atomic E-state index is 12.7. The van der Waals surface area contributed by atoms with Crippen molar-refractivity contribution >= 4 is 5.91 Å². The number of carbonyl (C=O) groups excluding carboxylic acids is 1. The third-order valence-electron chi connectivity index (χ3n) is 4.72. The van der Waals surface area contributed by atoms with E-state index >= 15 is 0 Å². The van der Waals surface area contributed by atoms with Crippen molar-refractivity contribution in [3.8, 4) is 28.7 Å². The Morgan fingerprint density at radius 2 is 1.96 bits per heavy atom. The van der Waals surface area contributed by atoms with Crippen LogP contribution in [0, 0.1) is 11.3 Å². The first-order valence-corrected chi connectivity index (χ1v) is 9.46. The van der Waals surface area contributed by atoms with Crippen LogP contribution in [0.15, 0.2) is 53.1 Å². The van der Waals surface area contributed by atoms with Crippen LogP contribution in [0.3, 0.4) is 0 Å². The normalized spacial score (nSPS) is 13.4. The summed E-state index contributed by atoms with van der Waals surface area (Å²) in [7, 11) is 0. The molecule has 1 N–H and O–H groups in total. The van der Waals surface area contributed by atoms with E-state index in [0.29, 0.717) is 22.9 Å². The molecule has 1 amide bonds. The van der Waals surface area contributed by atoms with Crippen LogP contribution in [0.5, 0.6) is 0 Å². The number of aromatic nitrogens is 1. The van der Waals surface area contributed by atoms with E-state index < -0.39 is 0 Å². The zero-order chi connectivity index (χ0) is 19.7. The Hall–Kier alpha value is -3.39. The van der Waals surface area contributed by atoms with Gasteiger partial charge in [-0.05, 0) is 62.1 Å². The highest BCUT2D eigenvalue weighted by Crippen LogP contribution is 2.41. The molecule has 0 saturated heterocycles. The topological polar surface area (TPSA) is 78.9 Å². The van der Waals surface area contributed by atoms with Crippen molar-refractivity contribution in [2.45, 2.75) is 38.6 Å². The lowest BCUT2D eigenvalue weighted by Gasteiger charge is -2.12. The highest BCUT2D eigenvalue weighted by Gasteiger charge is 2.28. The van der Waals surface area contributed by atoms with E-state index in [4.69, 9.17) is 4.42 Å². The minimum Gasteiger partial charge on any atom is -0.441 e. The molecule has 3 aromatic rings. The van der Waals surface area contributed by atoms with E-state index in [2.05, 4.69) is 16.4 Å². The molecule has 0 aliphatic heterocycles. The fraction of sp³-hybridized carbons (Fsp3) is 0.261. The van der Waals surface area contributed by atoms with Gasteiger partial charge in [0.1, 0.15) is 5.76 Å². The fourth-order valence-electron chi connectivity index (χ4n) is 3.19. The minimum atomic E-state index is -0.165. The highest BCUT2D eigenvalue weighted by atomic mass is 16.4. The molecule has 0 bridgehead atoms. The molecule has 5 nitrogen and oxygen atoms in total. The van der Waals surface area contributed by atoms with Crippen LogP contribution in [0.4, 0.5) is 0 Å². The van der Waals surface area contributed by atoms with Crippen molar-refractivity contribution in [2.75, 3.05) is 0 Å². The molecule has 4 rings (SSSR count). The number of rotatable bonds is 5. The largest absolute Gasteiger partial charge is 0.441 e. The Balaban J connectivity index is 1.83. The van der Waals surface area contributed by atoms with Crippen LogP contribution >= 0.6 is 0 Å². The van der Waals surface area contributed by atoms with E-state index in [9.17, 15) is 10.1 Å². The van der Waals surface area contributed by atoms with E-state index in [1.54, 1.807) is 18.3 Å². The second kappa shape index (κ2) is 7.32. The summed E-state index contributed by atoms with van der Waals surface area (Å²) in [5.41, 5.74) is 3.36. The molecule has 1 heterocycles. The summed E-state index contributed by atoms with van der Waals surface area (Å²) in [4.78, 5) is 17.1. The van der Waals surface area contributed by atoms with Gasteiger partial charge in [-0.25, -0.2) is 4.98 Å². The Kier molecular flexibility index (Phi) is 4.70. The number of hydrogen-bond acceptors (Lipinski definition) is 4. The smallest absolute Gasteiger partial charge is 0.251 e. The first-order valence-electron chi connectivity index (χ1n) is 9.46. The molecule has 1 saturated carbocycles. The number of nitrogens with one attached hydrogen (secondary N) is 1. The van der Waals surface area contributed by atoms with Gasteiger partial charge in [0.25, 0.3) is 5.91 Å². The Bertz CT molecular complexity index is 1070. The number of hydrogen-bond donors (Lipinski definition) is 1. The summed E-state index contributed by atoms with van der Waals surface area (Å²) in [6.45, 7) is 3.84. The van der Waals surface area contributed by atoms with Gasteiger partial charge in [-0.1, -0.05) is 18.2 Å². The number of carbonyl (C=O) groups is 1. The maximum Gasteiger partial charge on any atom is 0.251 e. The molecule has 1 aliphatic rings. The average molecular weight is 371 g/mol. The number of nitrogens with zero attached hydrogens (tertiary/aromatic N) is 2. The average Bonchev–Trinajstić information content (AvgIpc) is 3.43. The second-order valence-electron chi connectivity index (χ2n) is 7.43. The molecule has 140 valence electrons. The minimum absolute atomic E-state index is 0.0224. The zero-order valence-electron chi connectivity index (χ0n) is 15.9. The fourth-order valence-corrected chi connectivity index (χ4v) is 3.19. The van der Waals surface area contributed by atoms with Crippen molar-refractivity contribution in [2.24, 2.45) is 0 Å². The van der Waals surface area contributed by atoms with Gasteiger partial charge < -0.3 is 9.73 Å². The monoisotopic (exact) mass is 371 g/mol. The van der Waals surface area contributed by atoms with E-state index in [0.717, 1.165) is 35.3 Å². The molecule has 0 unspecified atom stereocenters. The third-order valence-corrected chi connectivity index (χ3v) is 4.72. The molecule has 28 heavy (non-hydrogen) atoms. The second-order valence-corrected chi connectivity index (χ2v) is 7.43. The van der Waals surface area contributed by atoms with Gasteiger partial charge >= 0.3 is 0 Å². The quantitative estimate of drug-likeness (QED) is 0.692. The molecular formula is C23H21N3O2. The van der Waals surface area contributed by atoms with E-state index in [1.165, 1.54) is 0 Å². The predicted octanol–water partition coefficient (Wildman–Crippen LogP) is 4.90. The Morgan fingerprint density at radius 1 is 1.21 bits per heavy atom. The molecule has 1 aliphatic carbocycles. The van der Waals surface area contributed by atoms with Crippen molar-refractivity contribution in [3.63, 3.8) is 0 Å². The Labute approximate surface area is 164 Å². The summed E-state index contributed by atoms with van der Waals surface area (Å²) in [6.07, 6.45) is 4.04. The number of nitriles is 1. The van der Waals surface area contributed by atoms with Crippen LogP contribution in [-0.4, -0.2) is 16.9 Å². The van der Waals surface area contributed by atoms with Crippen molar-refractivity contribution < 1.29 is 9.21 Å². The van der Waals surface area contributed by atoms with Crippen LogP contribution in [0.25, 0.3) is 22.6 Å². The van der Waals surface area contributed by atoms with Crippen molar-refractivity contribution in [3.05, 3.63) is 65.5 Å². The lowest BCUT2D eigenvalue weighted by molar-refractivity contribution is 0.0943. The zero-order valence-corrected chi connectivity index (χ0v) is 15.9. The van der Waals surface area contributed by atoms with Gasteiger partial charge in [0, 0.05) is 23.1 Å². The molecule has 1 aromatic heterocycles. The summed E-state index contributed by atoms with van der Waals surface area (Å²) >= 11 is 0. The standard InChI is InChI=1S/C23H21N3O2/c1-14(2)26-22(27)18-9-17(20-6-4-3-5-16(20)12-24)10-19(11-18)23-25-13-21(28-23)15-7-8-15/h3-6,9-11,13-15H,7-8H2,1-2H3,(H,26,27). The number of benzene rings is 2. The predicted molar refractivity (Wildman–Crippen MR) is 107 cm³/mol. The first-order chi connectivity index (χ1) is 13.5. The lowest BCUT2D eigenvalue weighted by atomic mass is 9.96. The van der Waals surface area contributed by atoms with Crippen LogP contribution in [-0.2, 0) is 0 Å². The first kappa shape index (κ1) is 18.0. The number of oxazole rings is 1. The Morgan fingerprint density at radius 3 is 2.68 bits per heavy atom. The van der Waals surface area contributed by atoms with Gasteiger partial charge in [-0.2, -0.15) is 5.26 Å². The van der Waals surface area contributed by atoms with Crippen molar-refractivity contribution in [1.29, 1.82) is 5.26 Å². The molecule has 0 spiro atoms. The van der Waals surface area contributed by atoms with Gasteiger partial charge in [-0.15, -0.1) is 0 Å². The van der Waals surface area contributed by atoms with Crippen LogP contribution < -0.4 is 5.32 Å². The summed E-state index contributed by atoms with van der Waals surface area (Å²) in [6, 6.07) is 15.1. The van der Waals surface area contributed by atoms with E-state index in [-0.39, 0.29) is 11.9 Å². The van der Waals surface area contributed by atoms with Gasteiger partial charge in [0.2, 0.25) is 5.89 Å². The summed E-state index contributed by atoms with van der Waals surface area (Å²) in [5, 5.41) is 12.4. The van der Waals surface area contributed by atoms with Crippen molar-refractivity contribution in [1.82, 2.24) is 10.3 Å². The molecular weight excluding hydrogens is 350 g/mol. The summed E-state index contributed by atoms with van der Waals surface area (Å²) in [5.74, 6) is 1.69. The summed E-state index contributed by atoms with van der Waals surface area (Å²) < 4.78 is 5.95. The third kappa shape index (κ3) is 3.67. The van der Waals surface area contributed by atoms with Gasteiger partial charge in [0.05, 0.1) is 17.8 Å². The van der Waals surface area contributed by atoms with Gasteiger partial charge in [-0.3, -0.25) is 4.79 Å². The van der Waals surface area contributed by atoms with Crippen LogP contribution in [0.1, 0.15) is 54.3 Å². The van der Waals surface area contributed by atoms with Gasteiger partial charge in [0.15, 0.2) is 0 Å². The molecule has 5 heteroatoms. The van der Waals surface area contributed by atoms with Crippen LogP contribution in [0.2, 0.25) is 0 Å². The SMILES string of the molecule is CC(C)NC(=O)c1cc(-c2ncc(C3CC3)o2)cc(-c2ccccc2C#N)c1. The molecule has 0 atom stereocenters. The highest BCUT2D eigenvalue weighted by molar-refractivity contribution is 5.97. The maximum atomic E-state index is 12.7. The van der Waals surface area contributed by atoms with E-state index in [1.807, 2.05) is 44.2 Å². The number of amides is 1. The lowest BCUT2D eigenvalue weighted by Crippen LogP contribution is -2.30. The molecule has 2 aromatic carbocycles.